The lowest BCUT2D eigenvalue weighted by Gasteiger charge is -2.28. The summed E-state index contributed by atoms with van der Waals surface area (Å²) in [7, 11) is 2.97. The zero-order valence-corrected chi connectivity index (χ0v) is 18.7. The van der Waals surface area contributed by atoms with E-state index in [9.17, 15) is 27.9 Å². The van der Waals surface area contributed by atoms with Gasteiger partial charge in [-0.05, 0) is 24.6 Å². The van der Waals surface area contributed by atoms with E-state index >= 15 is 0 Å². The van der Waals surface area contributed by atoms with Crippen LogP contribution in [0.2, 0.25) is 0 Å². The number of imidazole rings is 1. The first-order chi connectivity index (χ1) is 16.6. The van der Waals surface area contributed by atoms with Crippen molar-refractivity contribution in [3.05, 3.63) is 64.2 Å². The largest absolute Gasteiger partial charge is 0.497 e. The van der Waals surface area contributed by atoms with E-state index in [2.05, 4.69) is 5.32 Å². The van der Waals surface area contributed by atoms with Crippen molar-refractivity contribution in [1.29, 1.82) is 0 Å². The van der Waals surface area contributed by atoms with Crippen LogP contribution in [0.4, 0.5) is 23.7 Å². The Balaban J connectivity index is 1.46. The Morgan fingerprint density at radius 1 is 1.11 bits per heavy atom. The van der Waals surface area contributed by atoms with Crippen molar-refractivity contribution in [3.8, 4) is 23.1 Å². The predicted molar refractivity (Wildman–Crippen MR) is 118 cm³/mol. The number of ether oxygens (including phenoxy) is 2. The van der Waals surface area contributed by atoms with Crippen LogP contribution in [-0.2, 0) is 6.18 Å². The molecule has 2 N–H and O–H groups in total. The molecule has 35 heavy (non-hydrogen) atoms. The fourth-order valence-electron chi connectivity index (χ4n) is 4.80. The first-order valence-corrected chi connectivity index (χ1v) is 10.7. The molecule has 0 aliphatic carbocycles. The Kier molecular flexibility index (Phi) is 5.18. The highest BCUT2D eigenvalue weighted by molar-refractivity contribution is 5.90. The zero-order valence-electron chi connectivity index (χ0n) is 18.7. The molecule has 5 rings (SSSR count). The minimum Gasteiger partial charge on any atom is -0.497 e. The first kappa shape index (κ1) is 22.7. The number of hydrogen-bond donors (Lipinski definition) is 2. The second-order valence-corrected chi connectivity index (χ2v) is 8.33. The van der Waals surface area contributed by atoms with Crippen molar-refractivity contribution in [2.75, 3.05) is 26.1 Å². The number of amides is 2. The Bertz CT molecular complexity index is 1360. The molecule has 0 saturated carbocycles. The summed E-state index contributed by atoms with van der Waals surface area (Å²) in [6, 6.07) is 7.58. The number of fused-ring (bicyclic) bond motifs is 5. The number of aromatic hydroxyl groups is 1. The smallest absolute Gasteiger partial charge is 0.416 e. The number of alkyl halides is 3. The van der Waals surface area contributed by atoms with Crippen LogP contribution in [0.1, 0.15) is 29.8 Å². The normalized spacial score (nSPS) is 18.5. The number of hydrogen-bond acceptors (Lipinski definition) is 5. The SMILES string of the molecule is COc1cc(NC(=O)N2CC3CC2c2c(O)n(-c4cccc(C(F)(F)F)c4)c(=O)n23)cc(OC)c1. The number of urea groups is 1. The monoisotopic (exact) mass is 490 g/mol. The van der Waals surface area contributed by atoms with E-state index in [4.69, 9.17) is 9.47 Å². The molecule has 9 nitrogen and oxygen atoms in total. The molecule has 12 heteroatoms. The maximum absolute atomic E-state index is 13.2. The average Bonchev–Trinajstić information content (AvgIpc) is 3.49. The van der Waals surface area contributed by atoms with Crippen LogP contribution in [0.25, 0.3) is 5.69 Å². The Hall–Kier alpha value is -4.09. The molecule has 2 bridgehead atoms. The van der Waals surface area contributed by atoms with Gasteiger partial charge in [0.1, 0.15) is 17.2 Å². The summed E-state index contributed by atoms with van der Waals surface area (Å²) in [5, 5.41) is 13.7. The average molecular weight is 490 g/mol. The summed E-state index contributed by atoms with van der Waals surface area (Å²) in [6.07, 6.45) is -4.19. The molecule has 3 aromatic rings. The number of nitrogens with one attached hydrogen (secondary N) is 1. The molecule has 1 aromatic heterocycles. The van der Waals surface area contributed by atoms with Crippen molar-refractivity contribution in [2.45, 2.75) is 24.7 Å². The van der Waals surface area contributed by atoms with Crippen molar-refractivity contribution >= 4 is 11.7 Å². The van der Waals surface area contributed by atoms with Crippen LogP contribution in [0.3, 0.4) is 0 Å². The van der Waals surface area contributed by atoms with Gasteiger partial charge in [-0.1, -0.05) is 6.07 Å². The van der Waals surface area contributed by atoms with Crippen LogP contribution in [0.5, 0.6) is 17.4 Å². The number of anilines is 1. The highest BCUT2D eigenvalue weighted by atomic mass is 19.4. The van der Waals surface area contributed by atoms with E-state index in [1.165, 1.54) is 35.8 Å². The Morgan fingerprint density at radius 2 is 1.80 bits per heavy atom. The van der Waals surface area contributed by atoms with Gasteiger partial charge in [0.15, 0.2) is 0 Å². The van der Waals surface area contributed by atoms with E-state index in [1.54, 1.807) is 18.2 Å². The van der Waals surface area contributed by atoms with Gasteiger partial charge in [-0.25, -0.2) is 14.2 Å². The fourth-order valence-corrected chi connectivity index (χ4v) is 4.80. The molecular weight excluding hydrogens is 469 g/mol. The van der Waals surface area contributed by atoms with Gasteiger partial charge in [0.05, 0.1) is 37.6 Å². The number of carbonyl (C=O) groups is 1. The van der Waals surface area contributed by atoms with E-state index in [1.807, 2.05) is 0 Å². The summed E-state index contributed by atoms with van der Waals surface area (Å²) in [5.74, 6) is 0.474. The lowest BCUT2D eigenvalue weighted by Crippen LogP contribution is -2.40. The van der Waals surface area contributed by atoms with Crippen LogP contribution in [-0.4, -0.2) is 45.9 Å². The molecular formula is C23H21F3N4O5. The summed E-state index contributed by atoms with van der Waals surface area (Å²) in [6.45, 7) is 0.205. The van der Waals surface area contributed by atoms with E-state index in [-0.39, 0.29) is 17.9 Å². The van der Waals surface area contributed by atoms with E-state index < -0.39 is 41.4 Å². The number of rotatable bonds is 4. The van der Waals surface area contributed by atoms with Crippen molar-refractivity contribution in [1.82, 2.24) is 14.0 Å². The number of likely N-dealkylation sites (tertiary alicyclic amines) is 1. The number of nitrogens with zero attached hydrogens (tertiary/aromatic N) is 3. The second-order valence-electron chi connectivity index (χ2n) is 8.33. The predicted octanol–water partition coefficient (Wildman–Crippen LogP) is 3.91. The number of halogens is 3. The standard InChI is InChI=1S/C23H21F3N4O5/c1-34-16-7-13(8-17(10-16)35-2)27-21(32)28-11-15-9-18(28)19-20(31)30(22(33)29(15)19)14-5-3-4-12(6-14)23(24,25)26/h3-8,10,15,18,31H,9,11H2,1-2H3,(H,27,32). The summed E-state index contributed by atoms with van der Waals surface area (Å²) in [5.41, 5.74) is -1.07. The van der Waals surface area contributed by atoms with Gasteiger partial charge in [-0.3, -0.25) is 4.57 Å². The van der Waals surface area contributed by atoms with Crippen LogP contribution in [0.15, 0.2) is 47.3 Å². The maximum Gasteiger partial charge on any atom is 0.416 e. The lowest BCUT2D eigenvalue weighted by atomic mass is 10.2. The maximum atomic E-state index is 13.2. The molecule has 2 aliphatic heterocycles. The van der Waals surface area contributed by atoms with Crippen molar-refractivity contribution in [3.63, 3.8) is 0 Å². The molecule has 2 aromatic carbocycles. The molecule has 2 atom stereocenters. The Labute approximate surface area is 196 Å². The van der Waals surface area contributed by atoms with Crippen molar-refractivity contribution in [2.24, 2.45) is 0 Å². The van der Waals surface area contributed by atoms with Gasteiger partial charge < -0.3 is 24.8 Å². The van der Waals surface area contributed by atoms with E-state index in [0.29, 0.717) is 23.6 Å². The number of aromatic nitrogens is 2. The molecule has 0 radical (unpaired) electrons. The summed E-state index contributed by atoms with van der Waals surface area (Å²) < 4.78 is 52.2. The molecule has 2 unspecified atom stereocenters. The third kappa shape index (κ3) is 3.65. The second kappa shape index (κ2) is 8.00. The van der Waals surface area contributed by atoms with Crippen molar-refractivity contribution < 1.29 is 32.5 Å². The van der Waals surface area contributed by atoms with Gasteiger partial charge in [0.25, 0.3) is 0 Å². The quantitative estimate of drug-likeness (QED) is 0.578. The van der Waals surface area contributed by atoms with E-state index in [0.717, 1.165) is 16.7 Å². The third-order valence-electron chi connectivity index (χ3n) is 6.35. The highest BCUT2D eigenvalue weighted by Gasteiger charge is 2.49. The van der Waals surface area contributed by atoms with Gasteiger partial charge >= 0.3 is 17.9 Å². The van der Waals surface area contributed by atoms with Gasteiger partial charge in [-0.15, -0.1) is 0 Å². The minimum absolute atomic E-state index is 0.108. The number of benzene rings is 2. The lowest BCUT2D eigenvalue weighted by molar-refractivity contribution is -0.137. The molecule has 0 spiro atoms. The summed E-state index contributed by atoms with van der Waals surface area (Å²) >= 11 is 0. The molecule has 2 amide bonds. The topological polar surface area (TPSA) is 98.0 Å². The van der Waals surface area contributed by atoms with Gasteiger partial charge in [0.2, 0.25) is 5.88 Å². The highest BCUT2D eigenvalue weighted by Crippen LogP contribution is 2.49. The van der Waals surface area contributed by atoms with Crippen LogP contribution in [0, 0.1) is 0 Å². The summed E-state index contributed by atoms with van der Waals surface area (Å²) in [4.78, 5) is 27.6. The molecule has 1 fully saturated rings. The number of methoxy groups -OCH3 is 2. The first-order valence-electron chi connectivity index (χ1n) is 10.7. The van der Waals surface area contributed by atoms with Crippen LogP contribution < -0.4 is 20.5 Å². The molecule has 1 saturated heterocycles. The van der Waals surface area contributed by atoms with Crippen LogP contribution >= 0.6 is 0 Å². The zero-order chi connectivity index (χ0) is 25.1. The molecule has 2 aliphatic rings. The minimum atomic E-state index is -4.60. The molecule has 184 valence electrons. The van der Waals surface area contributed by atoms with Gasteiger partial charge in [0, 0.05) is 30.4 Å². The fraction of sp³-hybridized carbons (Fsp3) is 0.304. The molecule has 3 heterocycles. The van der Waals surface area contributed by atoms with Gasteiger partial charge in [-0.2, -0.15) is 13.2 Å². The number of carbonyl (C=O) groups excluding carboxylic acids is 1. The third-order valence-corrected chi connectivity index (χ3v) is 6.35. The Morgan fingerprint density at radius 3 is 2.43 bits per heavy atom.